The van der Waals surface area contributed by atoms with E-state index in [-0.39, 0.29) is 48.1 Å². The molecule has 1 aromatic carbocycles. The number of amides is 2. The summed E-state index contributed by atoms with van der Waals surface area (Å²) in [6, 6.07) is 0.785. The number of nitrogens with one attached hydrogen (secondary N) is 1. The molecule has 0 saturated heterocycles. The Morgan fingerprint density at radius 2 is 1.74 bits per heavy atom. The molecule has 0 fully saturated rings. The molecular weight excluding hydrogens is 360 g/mol. The van der Waals surface area contributed by atoms with Crippen LogP contribution in [0.3, 0.4) is 0 Å². The maximum Gasteiger partial charge on any atom is 0.344 e. The predicted molar refractivity (Wildman–Crippen MR) is 96.0 cm³/mol. The van der Waals surface area contributed by atoms with Crippen LogP contribution in [0.2, 0.25) is 0 Å². The van der Waals surface area contributed by atoms with Crippen LogP contribution in [0.5, 0.6) is 17.2 Å². The molecule has 0 aromatic heterocycles. The summed E-state index contributed by atoms with van der Waals surface area (Å²) >= 11 is 0. The largest absolute Gasteiger partial charge is 0.493 e. The average molecular weight is 384 g/mol. The molecule has 0 aliphatic carbocycles. The smallest absolute Gasteiger partial charge is 0.344 e. The van der Waals surface area contributed by atoms with E-state index < -0.39 is 18.0 Å². The Morgan fingerprint density at radius 1 is 1.11 bits per heavy atom. The summed E-state index contributed by atoms with van der Waals surface area (Å²) in [5, 5.41) is 11.3. The third-order valence-electron chi connectivity index (χ3n) is 3.56. The fraction of sp³-hybridized carbons (Fsp3) is 0.471. The van der Waals surface area contributed by atoms with Crippen molar-refractivity contribution in [1.82, 2.24) is 4.90 Å². The first kappa shape index (κ1) is 21.9. The summed E-state index contributed by atoms with van der Waals surface area (Å²) in [5.74, 6) is -1.32. The molecule has 150 valence electrons. The molecule has 1 rings (SSSR count). The van der Waals surface area contributed by atoms with Crippen LogP contribution >= 0.6 is 0 Å². The Kier molecular flexibility index (Phi) is 8.18. The number of carboxylic acids is 1. The number of methoxy groups -OCH3 is 3. The van der Waals surface area contributed by atoms with Crippen molar-refractivity contribution in [3.63, 3.8) is 0 Å². The lowest BCUT2D eigenvalue weighted by Crippen LogP contribution is -2.33. The number of carbonyl (C=O) groups is 3. The van der Waals surface area contributed by atoms with Crippen LogP contribution in [0.25, 0.3) is 0 Å². The summed E-state index contributed by atoms with van der Waals surface area (Å²) in [5.41, 5.74) is 0.0344. The van der Waals surface area contributed by atoms with Gasteiger partial charge in [-0.2, -0.15) is 0 Å². The van der Waals surface area contributed by atoms with E-state index in [1.807, 2.05) is 0 Å². The molecule has 0 heterocycles. The van der Waals surface area contributed by atoms with Crippen LogP contribution in [0.1, 0.15) is 23.7 Å². The lowest BCUT2D eigenvalue weighted by molar-refractivity contribution is -0.137. The van der Waals surface area contributed by atoms with Gasteiger partial charge in [0.15, 0.2) is 11.5 Å². The fourth-order valence-electron chi connectivity index (χ4n) is 2.24. The summed E-state index contributed by atoms with van der Waals surface area (Å²) in [6.07, 6.45) is -0.218. The number of benzene rings is 1. The molecule has 0 bridgehead atoms. The zero-order valence-electron chi connectivity index (χ0n) is 16.0. The van der Waals surface area contributed by atoms with E-state index in [1.54, 1.807) is 6.92 Å². The van der Waals surface area contributed by atoms with Crippen molar-refractivity contribution in [2.45, 2.75) is 13.3 Å². The minimum absolute atomic E-state index is 0.0136. The van der Waals surface area contributed by atoms with E-state index in [0.29, 0.717) is 0 Å². The minimum Gasteiger partial charge on any atom is -0.493 e. The van der Waals surface area contributed by atoms with Gasteiger partial charge in [-0.3, -0.25) is 4.79 Å². The molecule has 0 spiro atoms. The van der Waals surface area contributed by atoms with Crippen LogP contribution < -0.4 is 19.5 Å². The SMILES string of the molecule is CCOC(=O)c1c(NC(=O)N(C)CCC(=O)O)cc(OC)c(OC)c1OC. The Labute approximate surface area is 156 Å². The lowest BCUT2D eigenvalue weighted by atomic mass is 10.1. The molecule has 10 nitrogen and oxygen atoms in total. The first-order chi connectivity index (χ1) is 12.8. The Hall–Kier alpha value is -3.17. The van der Waals surface area contributed by atoms with Crippen molar-refractivity contribution in [3.8, 4) is 17.2 Å². The summed E-state index contributed by atoms with van der Waals surface area (Å²) < 4.78 is 20.8. The average Bonchev–Trinajstić information content (AvgIpc) is 2.64. The number of esters is 1. The molecule has 0 saturated carbocycles. The predicted octanol–water partition coefficient (Wildman–Crippen LogP) is 1.83. The highest BCUT2D eigenvalue weighted by atomic mass is 16.5. The van der Waals surface area contributed by atoms with Gasteiger partial charge in [-0.15, -0.1) is 0 Å². The van der Waals surface area contributed by atoms with Crippen molar-refractivity contribution < 1.29 is 38.4 Å². The van der Waals surface area contributed by atoms with Gasteiger partial charge in [0.2, 0.25) is 5.75 Å². The monoisotopic (exact) mass is 384 g/mol. The van der Waals surface area contributed by atoms with Crippen molar-refractivity contribution in [2.75, 3.05) is 46.8 Å². The van der Waals surface area contributed by atoms with E-state index in [9.17, 15) is 14.4 Å². The zero-order chi connectivity index (χ0) is 20.6. The van der Waals surface area contributed by atoms with Crippen LogP contribution in [-0.2, 0) is 9.53 Å². The molecule has 0 unspecified atom stereocenters. The fourth-order valence-corrected chi connectivity index (χ4v) is 2.24. The topological polar surface area (TPSA) is 124 Å². The van der Waals surface area contributed by atoms with Crippen molar-refractivity contribution >= 4 is 23.7 Å². The van der Waals surface area contributed by atoms with Gasteiger partial charge >= 0.3 is 18.0 Å². The number of hydrogen-bond donors (Lipinski definition) is 2. The third kappa shape index (κ3) is 5.40. The second kappa shape index (κ2) is 10.1. The van der Waals surface area contributed by atoms with E-state index in [2.05, 4.69) is 5.32 Å². The molecule has 27 heavy (non-hydrogen) atoms. The quantitative estimate of drug-likeness (QED) is 0.618. The van der Waals surface area contributed by atoms with Crippen LogP contribution in [-0.4, -0.2) is 69.5 Å². The first-order valence-electron chi connectivity index (χ1n) is 8.04. The van der Waals surface area contributed by atoms with Crippen molar-refractivity contribution in [1.29, 1.82) is 0 Å². The second-order valence-corrected chi connectivity index (χ2v) is 5.28. The number of carbonyl (C=O) groups excluding carboxylic acids is 2. The molecule has 0 atom stereocenters. The minimum atomic E-state index is -1.03. The van der Waals surface area contributed by atoms with Gasteiger partial charge in [0.1, 0.15) is 5.56 Å². The Balaban J connectivity index is 3.36. The number of hydrogen-bond acceptors (Lipinski definition) is 7. The van der Waals surface area contributed by atoms with Gasteiger partial charge in [-0.1, -0.05) is 0 Å². The molecule has 2 amide bonds. The normalized spacial score (nSPS) is 9.96. The Bertz CT molecular complexity index is 705. The van der Waals surface area contributed by atoms with E-state index in [1.165, 1.54) is 39.3 Å². The number of anilines is 1. The third-order valence-corrected chi connectivity index (χ3v) is 3.56. The van der Waals surface area contributed by atoms with Gasteiger partial charge in [0, 0.05) is 19.7 Å². The summed E-state index contributed by atoms with van der Waals surface area (Å²) in [4.78, 5) is 36.7. The number of carboxylic acid groups (broad SMARTS) is 1. The van der Waals surface area contributed by atoms with Gasteiger partial charge < -0.3 is 34.3 Å². The molecule has 0 aliphatic rings. The van der Waals surface area contributed by atoms with Crippen molar-refractivity contribution in [2.24, 2.45) is 0 Å². The number of rotatable bonds is 9. The standard InChI is InChI=1S/C17H24N2O8/c1-6-27-16(22)13-10(18-17(23)19(2)8-7-12(20)21)9-11(24-3)14(25-4)15(13)26-5/h9H,6-8H2,1-5H3,(H,18,23)(H,20,21). The van der Waals surface area contributed by atoms with E-state index in [4.69, 9.17) is 24.1 Å². The molecule has 2 N–H and O–H groups in total. The first-order valence-corrected chi connectivity index (χ1v) is 8.04. The number of urea groups is 1. The molecule has 10 heteroatoms. The highest BCUT2D eigenvalue weighted by Crippen LogP contribution is 2.44. The number of ether oxygens (including phenoxy) is 4. The molecule has 0 radical (unpaired) electrons. The second-order valence-electron chi connectivity index (χ2n) is 5.28. The number of aliphatic carboxylic acids is 1. The summed E-state index contributed by atoms with van der Waals surface area (Å²) in [6.45, 7) is 1.74. The van der Waals surface area contributed by atoms with Gasteiger partial charge in [-0.25, -0.2) is 9.59 Å². The van der Waals surface area contributed by atoms with Gasteiger partial charge in [-0.05, 0) is 6.92 Å². The molecule has 0 aliphatic heterocycles. The van der Waals surface area contributed by atoms with Crippen molar-refractivity contribution in [3.05, 3.63) is 11.6 Å². The highest BCUT2D eigenvalue weighted by Gasteiger charge is 2.28. The van der Waals surface area contributed by atoms with E-state index >= 15 is 0 Å². The van der Waals surface area contributed by atoms with Gasteiger partial charge in [0.25, 0.3) is 0 Å². The summed E-state index contributed by atoms with van der Waals surface area (Å²) in [7, 11) is 5.55. The maximum atomic E-state index is 12.4. The number of nitrogens with zero attached hydrogens (tertiary/aromatic N) is 1. The highest BCUT2D eigenvalue weighted by molar-refractivity contribution is 6.04. The van der Waals surface area contributed by atoms with E-state index in [0.717, 1.165) is 0 Å². The lowest BCUT2D eigenvalue weighted by Gasteiger charge is -2.21. The Morgan fingerprint density at radius 3 is 2.22 bits per heavy atom. The molecular formula is C17H24N2O8. The zero-order valence-corrected chi connectivity index (χ0v) is 16.0. The molecule has 1 aromatic rings. The van der Waals surface area contributed by atoms with Crippen LogP contribution in [0, 0.1) is 0 Å². The van der Waals surface area contributed by atoms with Crippen LogP contribution in [0.15, 0.2) is 6.07 Å². The van der Waals surface area contributed by atoms with Crippen LogP contribution in [0.4, 0.5) is 10.5 Å². The van der Waals surface area contributed by atoms with Gasteiger partial charge in [0.05, 0.1) is 40.0 Å². The maximum absolute atomic E-state index is 12.4.